The summed E-state index contributed by atoms with van der Waals surface area (Å²) >= 11 is 0. The van der Waals surface area contributed by atoms with Crippen molar-refractivity contribution in [2.45, 2.75) is 71.8 Å². The van der Waals surface area contributed by atoms with Crippen LogP contribution < -0.4 is 5.32 Å². The third-order valence-electron chi connectivity index (χ3n) is 2.98. The number of hydrogen-bond donors (Lipinski definition) is 1. The van der Waals surface area contributed by atoms with E-state index in [2.05, 4.69) is 33.0 Å². The Labute approximate surface area is 94.8 Å². The van der Waals surface area contributed by atoms with E-state index in [1.807, 2.05) is 0 Å². The molecule has 0 fully saturated rings. The molecule has 90 valence electrons. The largest absolute Gasteiger partial charge is 0.354 e. The number of nitrogens with one attached hydrogen (secondary N) is 1. The molecule has 1 N–H and O–H groups in total. The molecule has 2 nitrogen and oxygen atoms in total. The predicted molar refractivity (Wildman–Crippen MR) is 65.8 cm³/mol. The van der Waals surface area contributed by atoms with Crippen LogP contribution in [0.15, 0.2) is 0 Å². The minimum atomic E-state index is -0.0320. The molecule has 0 aromatic carbocycles. The molecule has 2 heteroatoms. The number of carbonyl (C=O) groups excluding carboxylic acids is 1. The third-order valence-corrected chi connectivity index (χ3v) is 2.98. The quantitative estimate of drug-likeness (QED) is 0.461. The lowest BCUT2D eigenvalue weighted by Gasteiger charge is -2.23. The molecule has 0 aromatic heterocycles. The number of carbonyl (C=O) groups is 1. The van der Waals surface area contributed by atoms with Gasteiger partial charge in [0.15, 0.2) is 0 Å². The molecular weight excluding hydrogens is 186 g/mol. The van der Waals surface area contributed by atoms with E-state index in [1.54, 1.807) is 0 Å². The molecule has 0 heterocycles. The van der Waals surface area contributed by atoms with Gasteiger partial charge >= 0.3 is 0 Å². The second-order valence-corrected chi connectivity index (χ2v) is 5.29. The Morgan fingerprint density at radius 1 is 1.27 bits per heavy atom. The second-order valence-electron chi connectivity index (χ2n) is 5.29. The highest BCUT2D eigenvalue weighted by molar-refractivity contribution is 5.47. The zero-order valence-corrected chi connectivity index (χ0v) is 10.8. The van der Waals surface area contributed by atoms with Gasteiger partial charge in [-0.3, -0.25) is 4.79 Å². The van der Waals surface area contributed by atoms with Gasteiger partial charge in [0.05, 0.1) is 0 Å². The summed E-state index contributed by atoms with van der Waals surface area (Å²) in [6.07, 6.45) is 8.33. The topological polar surface area (TPSA) is 29.1 Å². The van der Waals surface area contributed by atoms with Crippen LogP contribution in [-0.2, 0) is 4.79 Å². The van der Waals surface area contributed by atoms with E-state index < -0.39 is 0 Å². The van der Waals surface area contributed by atoms with Crippen molar-refractivity contribution in [1.82, 2.24) is 5.32 Å². The molecule has 0 spiro atoms. The minimum Gasteiger partial charge on any atom is -0.354 e. The fourth-order valence-corrected chi connectivity index (χ4v) is 1.93. The van der Waals surface area contributed by atoms with Crippen molar-refractivity contribution in [1.29, 1.82) is 0 Å². The Balaban J connectivity index is 3.48. The van der Waals surface area contributed by atoms with Crippen LogP contribution in [0.2, 0.25) is 0 Å². The molecule has 0 saturated heterocycles. The number of amides is 1. The SMILES string of the molecule is CCCC(C)CCCCC(C)(C)NC=O. The lowest BCUT2D eigenvalue weighted by atomic mass is 9.93. The van der Waals surface area contributed by atoms with Crippen LogP contribution >= 0.6 is 0 Å². The predicted octanol–water partition coefficient (Wildman–Crippen LogP) is 3.51. The van der Waals surface area contributed by atoms with Gasteiger partial charge in [0, 0.05) is 5.54 Å². The second kappa shape index (κ2) is 7.72. The van der Waals surface area contributed by atoms with Gasteiger partial charge in [0.1, 0.15) is 0 Å². The summed E-state index contributed by atoms with van der Waals surface area (Å²) < 4.78 is 0. The first-order valence-corrected chi connectivity index (χ1v) is 6.23. The molecule has 0 bridgehead atoms. The Kier molecular flexibility index (Phi) is 7.45. The normalized spacial score (nSPS) is 13.6. The van der Waals surface area contributed by atoms with Gasteiger partial charge < -0.3 is 5.32 Å². The third kappa shape index (κ3) is 8.46. The van der Waals surface area contributed by atoms with Crippen LogP contribution in [-0.4, -0.2) is 11.9 Å². The van der Waals surface area contributed by atoms with Crippen LogP contribution in [0.1, 0.15) is 66.2 Å². The molecule has 1 atom stereocenters. The molecule has 0 radical (unpaired) electrons. The number of rotatable bonds is 9. The lowest BCUT2D eigenvalue weighted by molar-refractivity contribution is -0.111. The van der Waals surface area contributed by atoms with Crippen molar-refractivity contribution in [2.24, 2.45) is 5.92 Å². The summed E-state index contributed by atoms with van der Waals surface area (Å²) in [6.45, 7) is 8.74. The van der Waals surface area contributed by atoms with E-state index in [0.29, 0.717) is 0 Å². The van der Waals surface area contributed by atoms with Gasteiger partial charge in [-0.2, -0.15) is 0 Å². The molecule has 0 saturated carbocycles. The summed E-state index contributed by atoms with van der Waals surface area (Å²) in [7, 11) is 0. The molecule has 15 heavy (non-hydrogen) atoms. The maximum absolute atomic E-state index is 10.3. The van der Waals surface area contributed by atoms with E-state index in [9.17, 15) is 4.79 Å². The van der Waals surface area contributed by atoms with Crippen molar-refractivity contribution in [2.75, 3.05) is 0 Å². The summed E-state index contributed by atoms with van der Waals surface area (Å²) in [6, 6.07) is 0. The highest BCUT2D eigenvalue weighted by Crippen LogP contribution is 2.18. The zero-order chi connectivity index (χ0) is 11.7. The maximum atomic E-state index is 10.3. The Morgan fingerprint density at radius 2 is 1.93 bits per heavy atom. The van der Waals surface area contributed by atoms with Crippen molar-refractivity contribution in [3.63, 3.8) is 0 Å². The monoisotopic (exact) mass is 213 g/mol. The van der Waals surface area contributed by atoms with Gasteiger partial charge in [-0.25, -0.2) is 0 Å². The molecule has 0 aromatic rings. The molecular formula is C13H27NO. The summed E-state index contributed by atoms with van der Waals surface area (Å²) in [5.74, 6) is 0.858. The summed E-state index contributed by atoms with van der Waals surface area (Å²) in [5.41, 5.74) is -0.0320. The smallest absolute Gasteiger partial charge is 0.207 e. The Bertz CT molecular complexity index is 166. The maximum Gasteiger partial charge on any atom is 0.207 e. The van der Waals surface area contributed by atoms with Gasteiger partial charge in [-0.1, -0.05) is 46.0 Å². The molecule has 0 aliphatic carbocycles. The van der Waals surface area contributed by atoms with E-state index in [0.717, 1.165) is 18.7 Å². The van der Waals surface area contributed by atoms with E-state index in [-0.39, 0.29) is 5.54 Å². The fourth-order valence-electron chi connectivity index (χ4n) is 1.93. The van der Waals surface area contributed by atoms with E-state index >= 15 is 0 Å². The summed E-state index contributed by atoms with van der Waals surface area (Å²) in [5, 5.41) is 2.85. The van der Waals surface area contributed by atoms with E-state index in [4.69, 9.17) is 0 Å². The average Bonchev–Trinajstić information content (AvgIpc) is 2.13. The van der Waals surface area contributed by atoms with Gasteiger partial charge in [-0.15, -0.1) is 0 Å². The van der Waals surface area contributed by atoms with Crippen molar-refractivity contribution in [3.05, 3.63) is 0 Å². The molecule has 1 amide bonds. The van der Waals surface area contributed by atoms with Crippen molar-refractivity contribution >= 4 is 6.41 Å². The van der Waals surface area contributed by atoms with Crippen molar-refractivity contribution in [3.8, 4) is 0 Å². The molecule has 1 unspecified atom stereocenters. The first-order valence-electron chi connectivity index (χ1n) is 6.23. The number of hydrogen-bond acceptors (Lipinski definition) is 1. The summed E-state index contributed by atoms with van der Waals surface area (Å²) in [4.78, 5) is 10.3. The minimum absolute atomic E-state index is 0.0320. The van der Waals surface area contributed by atoms with Crippen LogP contribution in [0.25, 0.3) is 0 Å². The number of unbranched alkanes of at least 4 members (excludes halogenated alkanes) is 1. The van der Waals surface area contributed by atoms with Crippen molar-refractivity contribution < 1.29 is 4.79 Å². The Hall–Kier alpha value is -0.530. The average molecular weight is 213 g/mol. The first-order chi connectivity index (χ1) is 7.02. The standard InChI is InChI=1S/C13H27NO/c1-5-8-12(2)9-6-7-10-13(3,4)14-11-15/h11-12H,5-10H2,1-4H3,(H,14,15). The molecule has 0 rings (SSSR count). The Morgan fingerprint density at radius 3 is 2.47 bits per heavy atom. The molecule has 0 aliphatic heterocycles. The first kappa shape index (κ1) is 14.5. The van der Waals surface area contributed by atoms with Crippen LogP contribution in [0, 0.1) is 5.92 Å². The van der Waals surface area contributed by atoms with E-state index in [1.165, 1.54) is 32.1 Å². The van der Waals surface area contributed by atoms with Gasteiger partial charge in [0.2, 0.25) is 6.41 Å². The van der Waals surface area contributed by atoms with Crippen LogP contribution in [0.4, 0.5) is 0 Å². The van der Waals surface area contributed by atoms with Crippen LogP contribution in [0.3, 0.4) is 0 Å². The van der Waals surface area contributed by atoms with Gasteiger partial charge in [-0.05, 0) is 26.2 Å². The van der Waals surface area contributed by atoms with Gasteiger partial charge in [0.25, 0.3) is 0 Å². The zero-order valence-electron chi connectivity index (χ0n) is 10.8. The highest BCUT2D eigenvalue weighted by atomic mass is 16.1. The lowest BCUT2D eigenvalue weighted by Crippen LogP contribution is -2.37. The highest BCUT2D eigenvalue weighted by Gasteiger charge is 2.15. The molecule has 0 aliphatic rings. The fraction of sp³-hybridized carbons (Fsp3) is 0.923. The van der Waals surface area contributed by atoms with Crippen LogP contribution in [0.5, 0.6) is 0 Å².